The Balaban J connectivity index is 2.23. The number of amides is 1. The van der Waals surface area contributed by atoms with E-state index in [1.54, 1.807) is 11.6 Å². The van der Waals surface area contributed by atoms with Gasteiger partial charge in [0.15, 0.2) is 0 Å². The van der Waals surface area contributed by atoms with Crippen LogP contribution in [-0.2, 0) is 9.59 Å². The van der Waals surface area contributed by atoms with Crippen LogP contribution in [0.15, 0.2) is 34.9 Å². The van der Waals surface area contributed by atoms with E-state index >= 15 is 0 Å². The molecule has 0 saturated heterocycles. The number of carbonyl (C=O) groups excluding carboxylic acids is 1. The van der Waals surface area contributed by atoms with Crippen LogP contribution in [0.2, 0.25) is 0 Å². The van der Waals surface area contributed by atoms with Gasteiger partial charge in [-0.15, -0.1) is 11.3 Å². The van der Waals surface area contributed by atoms with E-state index in [-0.39, 0.29) is 11.1 Å². The summed E-state index contributed by atoms with van der Waals surface area (Å²) in [5, 5.41) is 11.5. The van der Waals surface area contributed by atoms with Crippen molar-refractivity contribution in [3.05, 3.63) is 34.9 Å². The van der Waals surface area contributed by atoms with E-state index < -0.39 is 11.9 Å². The van der Waals surface area contributed by atoms with Gasteiger partial charge < -0.3 is 10.4 Å². The Labute approximate surface area is 113 Å². The molecule has 98 valence electrons. The van der Waals surface area contributed by atoms with Crippen molar-refractivity contribution < 1.29 is 14.7 Å². The molecule has 0 radical (unpaired) electrons. The molecule has 5 nitrogen and oxygen atoms in total. The summed E-state index contributed by atoms with van der Waals surface area (Å²) in [7, 11) is 0. The zero-order valence-corrected chi connectivity index (χ0v) is 11.2. The van der Waals surface area contributed by atoms with Gasteiger partial charge in [0.1, 0.15) is 0 Å². The lowest BCUT2D eigenvalue weighted by molar-refractivity contribution is -0.133. The zero-order valence-electron chi connectivity index (χ0n) is 10.4. The van der Waals surface area contributed by atoms with Crippen molar-refractivity contribution in [2.45, 2.75) is 13.8 Å². The highest BCUT2D eigenvalue weighted by molar-refractivity contribution is 7.16. The Hall–Kier alpha value is -2.21. The molecule has 1 aromatic heterocycles. The first kappa shape index (κ1) is 13.2. The smallest absolute Gasteiger partial charge is 0.331 e. The molecule has 1 amide bonds. The van der Waals surface area contributed by atoms with Gasteiger partial charge >= 0.3 is 5.97 Å². The maximum Gasteiger partial charge on any atom is 0.331 e. The zero-order chi connectivity index (χ0) is 14.0. The van der Waals surface area contributed by atoms with Crippen molar-refractivity contribution in [1.82, 2.24) is 4.98 Å². The topological polar surface area (TPSA) is 79.3 Å². The van der Waals surface area contributed by atoms with Crippen molar-refractivity contribution in [2.24, 2.45) is 0 Å². The van der Waals surface area contributed by atoms with E-state index in [0.717, 1.165) is 10.2 Å². The fourth-order valence-electron chi connectivity index (χ4n) is 1.49. The number of nitrogens with one attached hydrogen (secondary N) is 1. The highest BCUT2D eigenvalue weighted by atomic mass is 32.1. The van der Waals surface area contributed by atoms with Crippen LogP contribution in [0.25, 0.3) is 10.2 Å². The van der Waals surface area contributed by atoms with Gasteiger partial charge in [-0.2, -0.15) is 0 Å². The standard InChI is InChI=1S/C13H12N2O3S/c1-7(8(2)13(17)18)12(16)15-9-3-4-10-11(5-9)19-6-14-10/h3-6H,1-2H3,(H,15,16)(H,17,18)/b8-7+. The number of hydrogen-bond donors (Lipinski definition) is 2. The predicted molar refractivity (Wildman–Crippen MR) is 74.3 cm³/mol. The van der Waals surface area contributed by atoms with Crippen LogP contribution in [0.3, 0.4) is 0 Å². The van der Waals surface area contributed by atoms with Gasteiger partial charge in [0.05, 0.1) is 15.7 Å². The summed E-state index contributed by atoms with van der Waals surface area (Å²) >= 11 is 1.48. The monoisotopic (exact) mass is 276 g/mol. The van der Waals surface area contributed by atoms with Gasteiger partial charge in [-0.25, -0.2) is 9.78 Å². The highest BCUT2D eigenvalue weighted by Crippen LogP contribution is 2.22. The van der Waals surface area contributed by atoms with E-state index in [1.807, 2.05) is 12.1 Å². The first-order valence-corrected chi connectivity index (χ1v) is 6.42. The number of carboxylic acid groups (broad SMARTS) is 1. The van der Waals surface area contributed by atoms with Crippen molar-refractivity contribution in [1.29, 1.82) is 0 Å². The molecule has 0 aliphatic carbocycles. The molecule has 0 bridgehead atoms. The van der Waals surface area contributed by atoms with E-state index in [4.69, 9.17) is 5.11 Å². The molecule has 2 rings (SSSR count). The normalized spacial score (nSPS) is 12.1. The minimum Gasteiger partial charge on any atom is -0.478 e. The Morgan fingerprint density at radius 2 is 2.00 bits per heavy atom. The minimum absolute atomic E-state index is 0.0383. The van der Waals surface area contributed by atoms with Crippen molar-refractivity contribution in [2.75, 3.05) is 5.32 Å². The molecule has 2 aromatic rings. The van der Waals surface area contributed by atoms with Gasteiger partial charge in [0.2, 0.25) is 0 Å². The summed E-state index contributed by atoms with van der Waals surface area (Å²) in [5.74, 6) is -1.51. The summed E-state index contributed by atoms with van der Waals surface area (Å²) in [6, 6.07) is 5.36. The van der Waals surface area contributed by atoms with Gasteiger partial charge in [-0.1, -0.05) is 0 Å². The van der Waals surface area contributed by atoms with Crippen molar-refractivity contribution in [3.63, 3.8) is 0 Å². The average Bonchev–Trinajstić information content (AvgIpc) is 2.84. The third-order valence-corrected chi connectivity index (χ3v) is 3.60. The molecule has 6 heteroatoms. The molecule has 1 heterocycles. The summed E-state index contributed by atoms with van der Waals surface area (Å²) in [6.07, 6.45) is 0. The molecule has 0 saturated carbocycles. The average molecular weight is 276 g/mol. The second-order valence-corrected chi connectivity index (χ2v) is 4.93. The quantitative estimate of drug-likeness (QED) is 0.845. The number of aliphatic carboxylic acids is 1. The number of thiazole rings is 1. The second-order valence-electron chi connectivity index (χ2n) is 4.04. The Morgan fingerprint density at radius 3 is 2.68 bits per heavy atom. The molecule has 0 atom stereocenters. The summed E-state index contributed by atoms with van der Waals surface area (Å²) < 4.78 is 0.967. The molecular weight excluding hydrogens is 264 g/mol. The number of rotatable bonds is 3. The molecule has 0 spiro atoms. The number of carbonyl (C=O) groups is 2. The molecule has 2 N–H and O–H groups in total. The molecule has 0 aliphatic rings. The number of aromatic nitrogens is 1. The van der Waals surface area contributed by atoms with Crippen LogP contribution in [0.1, 0.15) is 13.8 Å². The number of hydrogen-bond acceptors (Lipinski definition) is 4. The molecule has 1 aromatic carbocycles. The van der Waals surface area contributed by atoms with Crippen LogP contribution >= 0.6 is 11.3 Å². The minimum atomic E-state index is -1.09. The lowest BCUT2D eigenvalue weighted by atomic mass is 10.1. The molecule has 0 fully saturated rings. The van der Waals surface area contributed by atoms with Crippen molar-refractivity contribution >= 4 is 39.1 Å². The van der Waals surface area contributed by atoms with Crippen LogP contribution in [-0.4, -0.2) is 22.0 Å². The Morgan fingerprint density at radius 1 is 1.26 bits per heavy atom. The summed E-state index contributed by atoms with van der Waals surface area (Å²) in [5.41, 5.74) is 3.46. The number of nitrogens with zero attached hydrogens (tertiary/aromatic N) is 1. The van der Waals surface area contributed by atoms with Crippen LogP contribution in [0, 0.1) is 0 Å². The molecular formula is C13H12N2O3S. The number of fused-ring (bicyclic) bond motifs is 1. The fourth-order valence-corrected chi connectivity index (χ4v) is 2.20. The van der Waals surface area contributed by atoms with E-state index in [2.05, 4.69) is 10.3 Å². The van der Waals surface area contributed by atoms with Gasteiger partial charge in [0, 0.05) is 16.8 Å². The first-order valence-electron chi connectivity index (χ1n) is 5.54. The van der Waals surface area contributed by atoms with Gasteiger partial charge in [-0.3, -0.25) is 4.79 Å². The summed E-state index contributed by atoms with van der Waals surface area (Å²) in [6.45, 7) is 2.90. The van der Waals surface area contributed by atoms with Crippen LogP contribution in [0.4, 0.5) is 5.69 Å². The van der Waals surface area contributed by atoms with Gasteiger partial charge in [0.25, 0.3) is 5.91 Å². The lowest BCUT2D eigenvalue weighted by Gasteiger charge is -2.06. The number of anilines is 1. The highest BCUT2D eigenvalue weighted by Gasteiger charge is 2.13. The van der Waals surface area contributed by atoms with Crippen LogP contribution in [0.5, 0.6) is 0 Å². The maximum absolute atomic E-state index is 11.9. The number of carboxylic acids is 1. The van der Waals surface area contributed by atoms with E-state index in [1.165, 1.54) is 25.2 Å². The molecule has 19 heavy (non-hydrogen) atoms. The Kier molecular flexibility index (Phi) is 3.62. The molecule has 0 unspecified atom stereocenters. The lowest BCUT2D eigenvalue weighted by Crippen LogP contribution is -2.16. The van der Waals surface area contributed by atoms with Crippen molar-refractivity contribution in [3.8, 4) is 0 Å². The van der Waals surface area contributed by atoms with Crippen LogP contribution < -0.4 is 5.32 Å². The summed E-state index contributed by atoms with van der Waals surface area (Å²) in [4.78, 5) is 26.8. The van der Waals surface area contributed by atoms with E-state index in [9.17, 15) is 9.59 Å². The third kappa shape index (κ3) is 2.79. The largest absolute Gasteiger partial charge is 0.478 e. The SMILES string of the molecule is C/C(C(=O)O)=C(/C)C(=O)Nc1ccc2ncsc2c1. The first-order chi connectivity index (χ1) is 8.99. The number of benzene rings is 1. The van der Waals surface area contributed by atoms with Gasteiger partial charge in [-0.05, 0) is 32.0 Å². The van der Waals surface area contributed by atoms with E-state index in [0.29, 0.717) is 5.69 Å². The Bertz CT molecular complexity index is 688. The second kappa shape index (κ2) is 5.19. The third-order valence-electron chi connectivity index (χ3n) is 2.81. The maximum atomic E-state index is 11.9. The molecule has 0 aliphatic heterocycles. The predicted octanol–water partition coefficient (Wildman–Crippen LogP) is 2.66. The fraction of sp³-hybridized carbons (Fsp3) is 0.154.